The Kier molecular flexibility index (Phi) is 3.57. The first-order valence-electron chi connectivity index (χ1n) is 4.55. The zero-order valence-corrected chi connectivity index (χ0v) is 8.96. The minimum atomic E-state index is 0.791. The number of hydrogen-bond donors (Lipinski definition) is 0. The number of hydrogen-bond acceptors (Lipinski definition) is 2. The minimum absolute atomic E-state index is 0.791. The summed E-state index contributed by atoms with van der Waals surface area (Å²) in [4.78, 5) is 0. The summed E-state index contributed by atoms with van der Waals surface area (Å²) in [6.45, 7) is 5.71. The lowest BCUT2D eigenvalue weighted by Gasteiger charge is -2.11. The maximum Gasteiger partial charge on any atom is 0.122 e. The quantitative estimate of drug-likeness (QED) is 0.683. The van der Waals surface area contributed by atoms with E-state index in [0.717, 1.165) is 29.0 Å². The molecule has 0 atom stereocenters. The van der Waals surface area contributed by atoms with Crippen molar-refractivity contribution in [1.29, 1.82) is 0 Å². The molecular weight excluding hydrogens is 176 g/mol. The summed E-state index contributed by atoms with van der Waals surface area (Å²) in [6, 6.07) is 3.98. The molecule has 76 valence electrons. The summed E-state index contributed by atoms with van der Waals surface area (Å²) in [7, 11) is 3.35. The molecule has 0 aliphatic carbocycles. The zero-order valence-electron chi connectivity index (χ0n) is 8.96. The van der Waals surface area contributed by atoms with Crippen molar-refractivity contribution < 1.29 is 9.47 Å². The highest BCUT2D eigenvalue weighted by molar-refractivity contribution is 5.46. The van der Waals surface area contributed by atoms with Crippen LogP contribution in [0.3, 0.4) is 0 Å². The average Bonchev–Trinajstić information content (AvgIpc) is 2.20. The molecule has 0 bridgehead atoms. The van der Waals surface area contributed by atoms with Crippen LogP contribution in [-0.4, -0.2) is 14.2 Å². The Morgan fingerprint density at radius 2 is 1.86 bits per heavy atom. The molecule has 0 saturated heterocycles. The van der Waals surface area contributed by atoms with Crippen LogP contribution in [0.4, 0.5) is 0 Å². The van der Waals surface area contributed by atoms with Crippen molar-refractivity contribution in [2.24, 2.45) is 0 Å². The van der Waals surface area contributed by atoms with Crippen molar-refractivity contribution in [3.05, 3.63) is 35.9 Å². The highest BCUT2D eigenvalue weighted by atomic mass is 16.5. The lowest BCUT2D eigenvalue weighted by atomic mass is 10.1. The standard InChI is InChI=1S/C12H16O2/c1-5-6-10-8-11(13-3)9(2)7-12(10)14-4/h5,7-8H,1,6H2,2-4H3. The van der Waals surface area contributed by atoms with Crippen LogP contribution in [0.25, 0.3) is 0 Å². The van der Waals surface area contributed by atoms with E-state index in [0.29, 0.717) is 0 Å². The molecule has 0 spiro atoms. The van der Waals surface area contributed by atoms with E-state index in [1.54, 1.807) is 14.2 Å². The molecule has 0 N–H and O–H groups in total. The molecule has 0 radical (unpaired) electrons. The summed E-state index contributed by atoms with van der Waals surface area (Å²) in [5.74, 6) is 1.78. The summed E-state index contributed by atoms with van der Waals surface area (Å²) >= 11 is 0. The molecule has 0 saturated carbocycles. The molecule has 0 aliphatic rings. The van der Waals surface area contributed by atoms with E-state index in [1.807, 2.05) is 25.1 Å². The number of aryl methyl sites for hydroxylation is 1. The number of methoxy groups -OCH3 is 2. The van der Waals surface area contributed by atoms with Crippen molar-refractivity contribution in [3.63, 3.8) is 0 Å². The van der Waals surface area contributed by atoms with Gasteiger partial charge in [-0.05, 0) is 31.0 Å². The van der Waals surface area contributed by atoms with Gasteiger partial charge in [0.25, 0.3) is 0 Å². The highest BCUT2D eigenvalue weighted by Gasteiger charge is 2.06. The molecule has 2 heteroatoms. The summed E-state index contributed by atoms with van der Waals surface area (Å²) in [5.41, 5.74) is 2.18. The van der Waals surface area contributed by atoms with Crippen LogP contribution >= 0.6 is 0 Å². The fourth-order valence-electron chi connectivity index (χ4n) is 1.43. The van der Waals surface area contributed by atoms with Gasteiger partial charge in [-0.3, -0.25) is 0 Å². The second-order valence-corrected chi connectivity index (χ2v) is 3.13. The van der Waals surface area contributed by atoms with Gasteiger partial charge in [0.15, 0.2) is 0 Å². The molecule has 1 rings (SSSR count). The first-order chi connectivity index (χ1) is 6.72. The van der Waals surface area contributed by atoms with Crippen LogP contribution in [0.15, 0.2) is 24.8 Å². The first kappa shape index (κ1) is 10.6. The van der Waals surface area contributed by atoms with E-state index in [4.69, 9.17) is 9.47 Å². The summed E-state index contributed by atoms with van der Waals surface area (Å²) in [6.07, 6.45) is 2.65. The Hall–Kier alpha value is -1.44. The Morgan fingerprint density at radius 3 is 2.36 bits per heavy atom. The SMILES string of the molecule is C=CCc1cc(OC)c(C)cc1OC. The van der Waals surface area contributed by atoms with E-state index >= 15 is 0 Å². The van der Waals surface area contributed by atoms with Gasteiger partial charge in [-0.15, -0.1) is 6.58 Å². The Balaban J connectivity index is 3.17. The third kappa shape index (κ3) is 2.08. The summed E-state index contributed by atoms with van der Waals surface area (Å²) in [5, 5.41) is 0. The topological polar surface area (TPSA) is 18.5 Å². The molecule has 0 aromatic heterocycles. The minimum Gasteiger partial charge on any atom is -0.496 e. The normalized spacial score (nSPS) is 9.64. The second kappa shape index (κ2) is 4.70. The van der Waals surface area contributed by atoms with Crippen LogP contribution in [-0.2, 0) is 6.42 Å². The molecule has 0 heterocycles. The lowest BCUT2D eigenvalue weighted by Crippen LogP contribution is -1.95. The highest BCUT2D eigenvalue weighted by Crippen LogP contribution is 2.28. The monoisotopic (exact) mass is 192 g/mol. The van der Waals surface area contributed by atoms with Gasteiger partial charge >= 0.3 is 0 Å². The van der Waals surface area contributed by atoms with E-state index in [2.05, 4.69) is 6.58 Å². The maximum absolute atomic E-state index is 5.27. The Morgan fingerprint density at radius 1 is 1.21 bits per heavy atom. The maximum atomic E-state index is 5.27. The molecule has 0 amide bonds. The molecule has 0 aliphatic heterocycles. The summed E-state index contributed by atoms with van der Waals surface area (Å²) < 4.78 is 10.5. The van der Waals surface area contributed by atoms with Gasteiger partial charge < -0.3 is 9.47 Å². The van der Waals surface area contributed by atoms with Gasteiger partial charge in [-0.2, -0.15) is 0 Å². The number of allylic oxidation sites excluding steroid dienone is 1. The van der Waals surface area contributed by atoms with Crippen LogP contribution in [0.5, 0.6) is 11.5 Å². The number of ether oxygens (including phenoxy) is 2. The Bertz CT molecular complexity index is 329. The molecule has 0 fully saturated rings. The zero-order chi connectivity index (χ0) is 10.6. The molecule has 0 unspecified atom stereocenters. The predicted molar refractivity (Wildman–Crippen MR) is 58.2 cm³/mol. The van der Waals surface area contributed by atoms with E-state index in [-0.39, 0.29) is 0 Å². The molecule has 1 aromatic carbocycles. The largest absolute Gasteiger partial charge is 0.496 e. The second-order valence-electron chi connectivity index (χ2n) is 3.13. The van der Waals surface area contributed by atoms with Gasteiger partial charge in [-0.25, -0.2) is 0 Å². The number of rotatable bonds is 4. The van der Waals surface area contributed by atoms with Gasteiger partial charge in [0.05, 0.1) is 14.2 Å². The fraction of sp³-hybridized carbons (Fsp3) is 0.333. The average molecular weight is 192 g/mol. The van der Waals surface area contributed by atoms with Crippen LogP contribution in [0.1, 0.15) is 11.1 Å². The van der Waals surface area contributed by atoms with Gasteiger partial charge in [0, 0.05) is 5.56 Å². The lowest BCUT2D eigenvalue weighted by molar-refractivity contribution is 0.397. The molecular formula is C12H16O2. The molecule has 2 nitrogen and oxygen atoms in total. The Labute approximate surface area is 85.2 Å². The number of benzene rings is 1. The van der Waals surface area contributed by atoms with Gasteiger partial charge in [0.1, 0.15) is 11.5 Å². The van der Waals surface area contributed by atoms with Crippen molar-refractivity contribution in [1.82, 2.24) is 0 Å². The van der Waals surface area contributed by atoms with Gasteiger partial charge in [-0.1, -0.05) is 6.08 Å². The van der Waals surface area contributed by atoms with Crippen molar-refractivity contribution in [3.8, 4) is 11.5 Å². The van der Waals surface area contributed by atoms with E-state index in [1.165, 1.54) is 0 Å². The molecule has 1 aromatic rings. The van der Waals surface area contributed by atoms with Gasteiger partial charge in [0.2, 0.25) is 0 Å². The van der Waals surface area contributed by atoms with Crippen molar-refractivity contribution >= 4 is 0 Å². The molecule has 14 heavy (non-hydrogen) atoms. The smallest absolute Gasteiger partial charge is 0.122 e. The fourth-order valence-corrected chi connectivity index (χ4v) is 1.43. The van der Waals surface area contributed by atoms with Crippen LogP contribution < -0.4 is 9.47 Å². The van der Waals surface area contributed by atoms with E-state index < -0.39 is 0 Å². The third-order valence-corrected chi connectivity index (χ3v) is 2.16. The van der Waals surface area contributed by atoms with Crippen molar-refractivity contribution in [2.75, 3.05) is 14.2 Å². The first-order valence-corrected chi connectivity index (χ1v) is 4.55. The van der Waals surface area contributed by atoms with Crippen LogP contribution in [0, 0.1) is 6.92 Å². The predicted octanol–water partition coefficient (Wildman–Crippen LogP) is 2.74. The third-order valence-electron chi connectivity index (χ3n) is 2.16. The van der Waals surface area contributed by atoms with Crippen LogP contribution in [0.2, 0.25) is 0 Å². The van der Waals surface area contributed by atoms with Crippen molar-refractivity contribution in [2.45, 2.75) is 13.3 Å². The van der Waals surface area contributed by atoms with E-state index in [9.17, 15) is 0 Å².